The molecule has 168 valence electrons. The minimum Gasteiger partial charge on any atom is -0.507 e. The van der Waals surface area contributed by atoms with E-state index in [-0.39, 0.29) is 16.8 Å². The molecular formula is C26H18N2O6. The molecule has 8 heteroatoms. The van der Waals surface area contributed by atoms with Gasteiger partial charge < -0.3 is 20.5 Å². The third-order valence-electron chi connectivity index (χ3n) is 5.82. The van der Waals surface area contributed by atoms with E-state index in [2.05, 4.69) is 4.98 Å². The van der Waals surface area contributed by atoms with E-state index in [0.29, 0.717) is 27.1 Å². The van der Waals surface area contributed by atoms with E-state index in [4.69, 9.17) is 0 Å². The van der Waals surface area contributed by atoms with Crippen molar-refractivity contribution in [1.29, 1.82) is 0 Å². The standard InChI is InChI=1S/C26H18N2O6/c1-13-9-22(30)25(33)23(31)11-19(13)17-4-2-3-14-10-15(5-6-16(14)17)20-8-7-18-21(29)12-24(32)28(34)26(18)27-20/h2-12,29,34H,1H3,(H2,30,31,33). The summed E-state index contributed by atoms with van der Waals surface area (Å²) in [4.78, 5) is 28.2. The lowest BCUT2D eigenvalue weighted by molar-refractivity contribution is 0.186. The van der Waals surface area contributed by atoms with Crippen LogP contribution in [0.5, 0.6) is 17.2 Å². The highest BCUT2D eigenvalue weighted by Crippen LogP contribution is 2.35. The van der Waals surface area contributed by atoms with Crippen molar-refractivity contribution in [3.63, 3.8) is 0 Å². The molecule has 0 saturated heterocycles. The van der Waals surface area contributed by atoms with Crippen LogP contribution in [0.3, 0.4) is 0 Å². The highest BCUT2D eigenvalue weighted by molar-refractivity contribution is 5.99. The van der Waals surface area contributed by atoms with E-state index in [9.17, 15) is 30.1 Å². The van der Waals surface area contributed by atoms with Crippen LogP contribution >= 0.6 is 0 Å². The highest BCUT2D eigenvalue weighted by Gasteiger charge is 2.14. The summed E-state index contributed by atoms with van der Waals surface area (Å²) >= 11 is 0. The zero-order valence-electron chi connectivity index (χ0n) is 17.9. The summed E-state index contributed by atoms with van der Waals surface area (Å²) in [6, 6.07) is 18.0. The van der Waals surface area contributed by atoms with E-state index < -0.39 is 22.5 Å². The fourth-order valence-corrected chi connectivity index (χ4v) is 4.09. The number of aryl methyl sites for hydroxylation is 1. The van der Waals surface area contributed by atoms with Crippen LogP contribution in [0.15, 0.2) is 76.3 Å². The summed E-state index contributed by atoms with van der Waals surface area (Å²) in [6.07, 6.45) is 0. The van der Waals surface area contributed by atoms with Crippen molar-refractivity contribution in [2.45, 2.75) is 6.92 Å². The van der Waals surface area contributed by atoms with E-state index >= 15 is 0 Å². The number of benzene rings is 2. The Hall–Kier alpha value is -4.85. The van der Waals surface area contributed by atoms with Crippen LogP contribution in [0.2, 0.25) is 0 Å². The van der Waals surface area contributed by atoms with Crippen LogP contribution in [-0.4, -0.2) is 30.2 Å². The van der Waals surface area contributed by atoms with Gasteiger partial charge in [0.15, 0.2) is 11.4 Å². The Labute approximate surface area is 191 Å². The number of aromatic hydroxyl groups is 3. The van der Waals surface area contributed by atoms with Gasteiger partial charge in [-0.1, -0.05) is 30.3 Å². The van der Waals surface area contributed by atoms with Crippen molar-refractivity contribution in [1.82, 2.24) is 9.71 Å². The van der Waals surface area contributed by atoms with Gasteiger partial charge in [-0.25, -0.2) is 4.98 Å². The molecule has 8 nitrogen and oxygen atoms in total. The number of hydrogen-bond acceptors (Lipinski definition) is 7. The molecule has 2 aromatic heterocycles. The Bertz CT molecular complexity index is 1760. The molecule has 4 N–H and O–H groups in total. The SMILES string of the molecule is Cc1cc(=O)c(O)c(O)cc1-c1cccc2cc(-c3ccc4c(O)cc(=O)n(O)c4n3)ccc12. The summed E-state index contributed by atoms with van der Waals surface area (Å²) in [7, 11) is 0. The Balaban J connectivity index is 1.70. The smallest absolute Gasteiger partial charge is 0.288 e. The largest absolute Gasteiger partial charge is 0.507 e. The van der Waals surface area contributed by atoms with Crippen LogP contribution in [0.1, 0.15) is 5.56 Å². The van der Waals surface area contributed by atoms with Crippen molar-refractivity contribution >= 4 is 21.8 Å². The maximum atomic E-state index is 12.0. The van der Waals surface area contributed by atoms with Crippen LogP contribution < -0.4 is 11.0 Å². The first kappa shape index (κ1) is 21.0. The number of nitrogens with zero attached hydrogens (tertiary/aromatic N) is 2. The molecule has 0 unspecified atom stereocenters. The van der Waals surface area contributed by atoms with Crippen molar-refractivity contribution < 1.29 is 20.5 Å². The zero-order chi connectivity index (χ0) is 24.1. The first-order chi connectivity index (χ1) is 16.2. The van der Waals surface area contributed by atoms with Crippen molar-refractivity contribution in [2.24, 2.45) is 0 Å². The van der Waals surface area contributed by atoms with Crippen LogP contribution in [0.4, 0.5) is 0 Å². The van der Waals surface area contributed by atoms with Crippen molar-refractivity contribution in [3.8, 4) is 39.6 Å². The second-order valence-electron chi connectivity index (χ2n) is 7.97. The predicted octanol–water partition coefficient (Wildman–Crippen LogP) is 3.91. The molecule has 2 heterocycles. The first-order valence-corrected chi connectivity index (χ1v) is 10.3. The van der Waals surface area contributed by atoms with Gasteiger partial charge in [0.05, 0.1) is 11.1 Å². The van der Waals surface area contributed by atoms with E-state index in [0.717, 1.165) is 22.4 Å². The van der Waals surface area contributed by atoms with Crippen molar-refractivity contribution in [3.05, 3.63) is 92.9 Å². The fraction of sp³-hybridized carbons (Fsp3) is 0.0385. The predicted molar refractivity (Wildman–Crippen MR) is 128 cm³/mol. The summed E-state index contributed by atoms with van der Waals surface area (Å²) in [5.74, 6) is -1.47. The molecule has 5 rings (SSSR count). The molecule has 0 aliphatic rings. The average molecular weight is 454 g/mol. The molecule has 0 bridgehead atoms. The Morgan fingerprint density at radius 2 is 1.56 bits per heavy atom. The number of aromatic nitrogens is 2. The molecule has 0 saturated carbocycles. The van der Waals surface area contributed by atoms with Gasteiger partial charge in [-0.2, -0.15) is 0 Å². The molecule has 0 fully saturated rings. The van der Waals surface area contributed by atoms with Gasteiger partial charge in [0, 0.05) is 11.6 Å². The third-order valence-corrected chi connectivity index (χ3v) is 5.82. The summed E-state index contributed by atoms with van der Waals surface area (Å²) < 4.78 is 0.391. The number of rotatable bonds is 2. The zero-order valence-corrected chi connectivity index (χ0v) is 17.9. The van der Waals surface area contributed by atoms with Gasteiger partial charge in [0.25, 0.3) is 5.56 Å². The first-order valence-electron chi connectivity index (χ1n) is 10.3. The van der Waals surface area contributed by atoms with E-state index in [1.54, 1.807) is 19.1 Å². The summed E-state index contributed by atoms with van der Waals surface area (Å²) in [6.45, 7) is 1.73. The maximum Gasteiger partial charge on any atom is 0.288 e. The summed E-state index contributed by atoms with van der Waals surface area (Å²) in [5.41, 5.74) is 1.61. The molecule has 34 heavy (non-hydrogen) atoms. The molecule has 0 radical (unpaired) electrons. The van der Waals surface area contributed by atoms with E-state index in [1.807, 2.05) is 36.4 Å². The Kier molecular flexibility index (Phi) is 4.72. The lowest BCUT2D eigenvalue weighted by Crippen LogP contribution is -2.17. The van der Waals surface area contributed by atoms with Crippen LogP contribution in [0.25, 0.3) is 44.2 Å². The van der Waals surface area contributed by atoms with Crippen LogP contribution in [0, 0.1) is 6.92 Å². The second kappa shape index (κ2) is 7.63. The van der Waals surface area contributed by atoms with Gasteiger partial charge in [0.2, 0.25) is 11.2 Å². The van der Waals surface area contributed by atoms with E-state index in [1.165, 1.54) is 12.1 Å². The molecule has 0 atom stereocenters. The highest BCUT2D eigenvalue weighted by atomic mass is 16.5. The number of hydrogen-bond donors (Lipinski definition) is 4. The molecule has 0 aliphatic heterocycles. The molecule has 3 aromatic carbocycles. The van der Waals surface area contributed by atoms with Gasteiger partial charge in [-0.15, -0.1) is 4.73 Å². The average Bonchev–Trinajstić information content (AvgIpc) is 2.92. The lowest BCUT2D eigenvalue weighted by atomic mass is 9.95. The molecule has 0 aliphatic carbocycles. The minimum absolute atomic E-state index is 0.0625. The lowest BCUT2D eigenvalue weighted by Gasteiger charge is -2.11. The normalized spacial score (nSPS) is 11.2. The minimum atomic E-state index is -0.792. The van der Waals surface area contributed by atoms with Gasteiger partial charge >= 0.3 is 0 Å². The second-order valence-corrected chi connectivity index (χ2v) is 7.97. The summed E-state index contributed by atoms with van der Waals surface area (Å²) in [5, 5.41) is 41.9. The maximum absolute atomic E-state index is 12.0. The molecule has 5 aromatic rings. The monoisotopic (exact) mass is 454 g/mol. The molecule has 0 amide bonds. The number of fused-ring (bicyclic) bond motifs is 2. The van der Waals surface area contributed by atoms with Crippen LogP contribution in [-0.2, 0) is 0 Å². The molecular weight excluding hydrogens is 436 g/mol. The number of pyridine rings is 2. The molecule has 0 spiro atoms. The Morgan fingerprint density at radius 1 is 0.794 bits per heavy atom. The quantitative estimate of drug-likeness (QED) is 0.297. The Morgan fingerprint density at radius 3 is 2.35 bits per heavy atom. The van der Waals surface area contributed by atoms with Gasteiger partial charge in [-0.05, 0) is 64.7 Å². The fourth-order valence-electron chi connectivity index (χ4n) is 4.09. The van der Waals surface area contributed by atoms with Crippen molar-refractivity contribution in [2.75, 3.05) is 0 Å². The topological polar surface area (TPSA) is 133 Å². The van der Waals surface area contributed by atoms with Gasteiger partial charge in [-0.3, -0.25) is 9.59 Å². The third kappa shape index (κ3) is 3.29. The van der Waals surface area contributed by atoms with Gasteiger partial charge in [0.1, 0.15) is 5.75 Å².